The van der Waals surface area contributed by atoms with E-state index < -0.39 is 11.9 Å². The van der Waals surface area contributed by atoms with Gasteiger partial charge in [-0.05, 0) is 77.7 Å². The van der Waals surface area contributed by atoms with E-state index in [9.17, 15) is 24.3 Å². The lowest BCUT2D eigenvalue weighted by Gasteiger charge is -2.24. The average molecular weight is 677 g/mol. The quantitative estimate of drug-likeness (QED) is 0.0630. The number of carbonyl (C=O) groups excluding carboxylic acids is 3. The molecule has 11 heteroatoms. The van der Waals surface area contributed by atoms with Crippen molar-refractivity contribution in [3.63, 3.8) is 0 Å². The van der Waals surface area contributed by atoms with Crippen LogP contribution in [0.1, 0.15) is 75.9 Å². The minimum atomic E-state index is -1.12. The Morgan fingerprint density at radius 3 is 2.18 bits per heavy atom. The monoisotopic (exact) mass is 676 g/mol. The van der Waals surface area contributed by atoms with Gasteiger partial charge in [0.05, 0.1) is 5.56 Å². The number of ether oxygens (including phenoxy) is 1. The summed E-state index contributed by atoms with van der Waals surface area (Å²) < 4.78 is 6.28. The first-order valence-electron chi connectivity index (χ1n) is 16.3. The second kappa shape index (κ2) is 16.0. The number of hydrogen-bond acceptors (Lipinski definition) is 7. The van der Waals surface area contributed by atoms with Crippen molar-refractivity contribution in [2.75, 3.05) is 24.3 Å². The number of carbonyl (C=O) groups is 4. The average Bonchev–Trinajstić information content (AvgIpc) is 3.10. The van der Waals surface area contributed by atoms with Crippen LogP contribution in [0, 0.1) is 0 Å². The molecule has 1 aliphatic rings. The molecule has 11 nitrogen and oxygen atoms in total. The van der Waals surface area contributed by atoms with Crippen LogP contribution in [0.25, 0.3) is 12.2 Å². The van der Waals surface area contributed by atoms with Gasteiger partial charge in [-0.15, -0.1) is 0 Å². The minimum absolute atomic E-state index is 0.0514. The number of carboxylic acids is 1. The van der Waals surface area contributed by atoms with E-state index in [1.165, 1.54) is 12.1 Å². The number of carboxylic acid groups (broad SMARTS) is 1. The van der Waals surface area contributed by atoms with Crippen molar-refractivity contribution in [1.82, 2.24) is 10.8 Å². The number of amides is 3. The van der Waals surface area contributed by atoms with Gasteiger partial charge in [-0.3, -0.25) is 19.6 Å². The molecule has 3 amide bonds. The van der Waals surface area contributed by atoms with E-state index in [-0.39, 0.29) is 30.3 Å². The smallest absolute Gasteiger partial charge is 0.336 e. The molecule has 0 saturated carbocycles. The molecule has 0 unspecified atom stereocenters. The summed E-state index contributed by atoms with van der Waals surface area (Å²) in [5, 5.41) is 25.9. The van der Waals surface area contributed by atoms with Gasteiger partial charge in [0.1, 0.15) is 11.5 Å². The molecule has 0 fully saturated rings. The molecular formula is C39H40N4O7. The number of unbranched alkanes of at least 4 members (excludes halogenated alkanes) is 3. The Balaban J connectivity index is 1.29. The number of rotatable bonds is 14. The number of fused-ring (bicyclic) bond motifs is 2. The lowest BCUT2D eigenvalue weighted by atomic mass is 9.88. The number of benzene rings is 4. The van der Waals surface area contributed by atoms with Crippen LogP contribution < -0.4 is 36.2 Å². The molecule has 1 aliphatic heterocycles. The molecular weight excluding hydrogens is 636 g/mol. The van der Waals surface area contributed by atoms with Crippen molar-refractivity contribution in [3.8, 4) is 11.5 Å². The summed E-state index contributed by atoms with van der Waals surface area (Å²) in [6.45, 7) is 4.24. The molecule has 258 valence electrons. The Morgan fingerprint density at radius 1 is 0.780 bits per heavy atom. The Bertz CT molecular complexity index is 2040. The highest BCUT2D eigenvalue weighted by Gasteiger charge is 2.25. The third-order valence-electron chi connectivity index (χ3n) is 8.44. The molecule has 5 N–H and O–H groups in total. The predicted molar refractivity (Wildman–Crippen MR) is 191 cm³/mol. The second-order valence-electron chi connectivity index (χ2n) is 12.3. The summed E-state index contributed by atoms with van der Waals surface area (Å²) in [5.41, 5.74) is 6.05. The summed E-state index contributed by atoms with van der Waals surface area (Å²) in [6, 6.07) is 22.9. The van der Waals surface area contributed by atoms with E-state index in [0.717, 1.165) is 29.3 Å². The third kappa shape index (κ3) is 8.55. The summed E-state index contributed by atoms with van der Waals surface area (Å²) in [5.74, 6) is -0.908. The van der Waals surface area contributed by atoms with E-state index >= 15 is 0 Å². The Kier molecular flexibility index (Phi) is 11.3. The van der Waals surface area contributed by atoms with Crippen LogP contribution in [0.3, 0.4) is 0 Å². The molecule has 4 aromatic rings. The van der Waals surface area contributed by atoms with Gasteiger partial charge in [-0.1, -0.05) is 43.7 Å². The van der Waals surface area contributed by atoms with Crippen LogP contribution in [-0.4, -0.2) is 48.1 Å². The van der Waals surface area contributed by atoms with Gasteiger partial charge in [0.2, 0.25) is 11.8 Å². The summed E-state index contributed by atoms with van der Waals surface area (Å²) in [4.78, 5) is 51.2. The Hall–Kier alpha value is -5.94. The number of hydroxylamine groups is 1. The molecule has 0 bridgehead atoms. The van der Waals surface area contributed by atoms with Gasteiger partial charge < -0.3 is 25.4 Å². The van der Waals surface area contributed by atoms with E-state index in [1.54, 1.807) is 23.7 Å². The number of aromatic carboxylic acids is 1. The maximum absolute atomic E-state index is 13.4. The first kappa shape index (κ1) is 35.4. The zero-order valence-corrected chi connectivity index (χ0v) is 28.0. The van der Waals surface area contributed by atoms with Crippen molar-refractivity contribution in [3.05, 3.63) is 117 Å². The van der Waals surface area contributed by atoms with Gasteiger partial charge in [0, 0.05) is 72.8 Å². The van der Waals surface area contributed by atoms with E-state index in [1.807, 2.05) is 67.5 Å². The molecule has 50 heavy (non-hydrogen) atoms. The topological polar surface area (TPSA) is 157 Å². The Morgan fingerprint density at radius 2 is 1.50 bits per heavy atom. The van der Waals surface area contributed by atoms with Crippen LogP contribution >= 0.6 is 0 Å². The predicted octanol–water partition coefficient (Wildman–Crippen LogP) is 4.93. The van der Waals surface area contributed by atoms with Crippen LogP contribution in [0.2, 0.25) is 0 Å². The number of hydrogen-bond donors (Lipinski definition) is 5. The molecule has 0 aliphatic carbocycles. The number of anilines is 2. The normalized spacial score (nSPS) is 11.5. The van der Waals surface area contributed by atoms with Crippen LogP contribution in [0.15, 0.2) is 78.9 Å². The van der Waals surface area contributed by atoms with Crippen LogP contribution in [0.4, 0.5) is 11.4 Å². The molecule has 0 radical (unpaired) electrons. The highest BCUT2D eigenvalue weighted by atomic mass is 16.5. The number of nitrogens with zero attached hydrogens (tertiary/aromatic N) is 1. The van der Waals surface area contributed by atoms with Crippen LogP contribution in [-0.2, 0) is 16.1 Å². The lowest BCUT2D eigenvalue weighted by molar-refractivity contribution is -0.129. The minimum Gasteiger partial charge on any atom is -0.478 e. The Labute approximate surface area is 289 Å². The SMILES string of the molecule is C=c1ccc2c(c1)Oc1cc(N(C)C)ccc1C=2c1cc(C(=O)NCc2ccc(NC(=O)CCCCCCC(=O)NO)cc2)ccc1C(=O)O. The first-order chi connectivity index (χ1) is 24.0. The van der Waals surface area contributed by atoms with Gasteiger partial charge in [-0.25, -0.2) is 10.3 Å². The van der Waals surface area contributed by atoms with Crippen molar-refractivity contribution in [1.29, 1.82) is 0 Å². The van der Waals surface area contributed by atoms with E-state index in [0.29, 0.717) is 63.9 Å². The molecule has 0 spiro atoms. The van der Waals surface area contributed by atoms with Gasteiger partial charge >= 0.3 is 5.97 Å². The molecule has 0 aromatic heterocycles. The van der Waals surface area contributed by atoms with Crippen LogP contribution in [0.5, 0.6) is 11.5 Å². The molecule has 0 saturated heterocycles. The van der Waals surface area contributed by atoms with Crippen molar-refractivity contribution in [2.24, 2.45) is 0 Å². The maximum Gasteiger partial charge on any atom is 0.336 e. The van der Waals surface area contributed by atoms with E-state index in [2.05, 4.69) is 17.2 Å². The lowest BCUT2D eigenvalue weighted by Crippen LogP contribution is -2.24. The standard InChI is InChI=1S/C39H40N4O7/c1-24-10-17-30-33(20-24)50-34-22-28(43(2)3)16-19-31(34)37(30)32-21-26(13-18-29(32)39(47)48)38(46)40-23-25-11-14-27(15-12-25)41-35(44)8-6-4-5-7-9-36(45)42-49/h10-22,49H,1,4-9,23H2,2-3H3,(H,40,46)(H,41,44)(H,42,45)(H,47,48). The molecule has 1 heterocycles. The second-order valence-corrected chi connectivity index (χ2v) is 12.3. The zero-order valence-electron chi connectivity index (χ0n) is 28.0. The first-order valence-corrected chi connectivity index (χ1v) is 16.3. The maximum atomic E-state index is 13.4. The fourth-order valence-electron chi connectivity index (χ4n) is 5.76. The van der Waals surface area contributed by atoms with E-state index in [4.69, 9.17) is 9.94 Å². The fourth-order valence-corrected chi connectivity index (χ4v) is 5.76. The molecule has 4 aromatic carbocycles. The summed E-state index contributed by atoms with van der Waals surface area (Å²) >= 11 is 0. The zero-order chi connectivity index (χ0) is 35.8. The molecule has 0 atom stereocenters. The largest absolute Gasteiger partial charge is 0.478 e. The number of nitrogens with one attached hydrogen (secondary N) is 3. The van der Waals surface area contributed by atoms with Crippen molar-refractivity contribution >= 4 is 47.2 Å². The van der Waals surface area contributed by atoms with Gasteiger partial charge in [-0.2, -0.15) is 0 Å². The third-order valence-corrected chi connectivity index (χ3v) is 8.44. The fraction of sp³-hybridized carbons (Fsp3) is 0.231. The molecule has 5 rings (SSSR count). The van der Waals surface area contributed by atoms with Crippen molar-refractivity contribution in [2.45, 2.75) is 45.1 Å². The highest BCUT2D eigenvalue weighted by Crippen LogP contribution is 2.39. The highest BCUT2D eigenvalue weighted by molar-refractivity contribution is 6.02. The van der Waals surface area contributed by atoms with Crippen molar-refractivity contribution < 1.29 is 34.2 Å². The summed E-state index contributed by atoms with van der Waals surface area (Å²) in [7, 11) is 3.85. The summed E-state index contributed by atoms with van der Waals surface area (Å²) in [6.07, 6.45) is 3.53. The van der Waals surface area contributed by atoms with Gasteiger partial charge in [0.25, 0.3) is 5.91 Å². The van der Waals surface area contributed by atoms with Gasteiger partial charge in [0.15, 0.2) is 0 Å².